The molecule has 0 heterocycles. The number of esters is 1. The second-order valence-corrected chi connectivity index (χ2v) is 9.26. The normalized spacial score (nSPS) is 15.0. The number of amides is 1. The largest absolute Gasteiger partial charge is 1.00 e. The Kier molecular flexibility index (Phi) is 11.2. The number of hydrogen-bond donors (Lipinski definition) is 3. The summed E-state index contributed by atoms with van der Waals surface area (Å²) in [6.45, 7) is 2.96. The number of carbonyl (C=O) groups is 2. The SMILES string of the molecule is CC(C)[C@H](N)C(=O)NC(Cc1ccccc1)C(O)(C(=O)OCc1ccccc1)S(=O)(=O)[O-].[Na+]. The van der Waals surface area contributed by atoms with E-state index in [-0.39, 0.29) is 48.5 Å². The number of nitrogens with two attached hydrogens (primary N) is 1. The van der Waals surface area contributed by atoms with Crippen molar-refractivity contribution >= 4 is 22.0 Å². The Morgan fingerprint density at radius 1 is 1.06 bits per heavy atom. The molecule has 0 fully saturated rings. The van der Waals surface area contributed by atoms with E-state index >= 15 is 0 Å². The topological polar surface area (TPSA) is 159 Å². The maximum Gasteiger partial charge on any atom is 1.00 e. The fraction of sp³-hybridized carbons (Fsp3) is 0.364. The van der Waals surface area contributed by atoms with Crippen molar-refractivity contribution in [2.45, 2.75) is 43.9 Å². The van der Waals surface area contributed by atoms with Crippen molar-refractivity contribution in [3.63, 3.8) is 0 Å². The molecule has 174 valence electrons. The average molecular weight is 487 g/mol. The van der Waals surface area contributed by atoms with Crippen molar-refractivity contribution in [2.75, 3.05) is 0 Å². The zero-order chi connectivity index (χ0) is 23.9. The number of hydrogen-bond acceptors (Lipinski definition) is 8. The smallest absolute Gasteiger partial charge is 0.745 e. The van der Waals surface area contributed by atoms with Gasteiger partial charge >= 0.3 is 35.5 Å². The molecular formula is C22H27N2NaO7S. The van der Waals surface area contributed by atoms with E-state index in [1.807, 2.05) is 0 Å². The van der Waals surface area contributed by atoms with Gasteiger partial charge in [-0.15, -0.1) is 0 Å². The van der Waals surface area contributed by atoms with Crippen LogP contribution in [0.3, 0.4) is 0 Å². The summed E-state index contributed by atoms with van der Waals surface area (Å²) in [5.74, 6) is -2.83. The van der Waals surface area contributed by atoms with Gasteiger partial charge in [-0.3, -0.25) is 4.79 Å². The summed E-state index contributed by atoms with van der Waals surface area (Å²) in [5, 5.41) is 13.2. The fourth-order valence-corrected chi connectivity index (χ4v) is 3.71. The van der Waals surface area contributed by atoms with E-state index in [2.05, 4.69) is 5.32 Å². The van der Waals surface area contributed by atoms with Crippen LogP contribution >= 0.6 is 0 Å². The zero-order valence-electron chi connectivity index (χ0n) is 18.8. The molecule has 0 saturated carbocycles. The summed E-state index contributed by atoms with van der Waals surface area (Å²) in [6, 6.07) is 13.6. The van der Waals surface area contributed by atoms with Crippen LogP contribution in [-0.2, 0) is 37.5 Å². The van der Waals surface area contributed by atoms with Gasteiger partial charge in [0.25, 0.3) is 4.93 Å². The third-order valence-electron chi connectivity index (χ3n) is 4.98. The molecule has 0 aliphatic heterocycles. The van der Waals surface area contributed by atoms with Crippen molar-refractivity contribution < 1.29 is 62.0 Å². The van der Waals surface area contributed by atoms with Gasteiger partial charge in [-0.2, -0.15) is 0 Å². The first kappa shape index (κ1) is 29.2. The predicted molar refractivity (Wildman–Crippen MR) is 116 cm³/mol. The van der Waals surface area contributed by atoms with E-state index in [0.717, 1.165) is 0 Å². The minimum Gasteiger partial charge on any atom is -0.745 e. The Morgan fingerprint density at radius 3 is 2.00 bits per heavy atom. The van der Waals surface area contributed by atoms with Crippen molar-refractivity contribution in [3.8, 4) is 0 Å². The van der Waals surface area contributed by atoms with Gasteiger partial charge in [0.15, 0.2) is 0 Å². The van der Waals surface area contributed by atoms with Crippen LogP contribution in [0.5, 0.6) is 0 Å². The molecule has 4 N–H and O–H groups in total. The molecule has 0 aliphatic rings. The van der Waals surface area contributed by atoms with Crippen LogP contribution in [0.25, 0.3) is 0 Å². The zero-order valence-corrected chi connectivity index (χ0v) is 21.6. The molecule has 2 aromatic rings. The van der Waals surface area contributed by atoms with Crippen molar-refractivity contribution in [1.82, 2.24) is 5.32 Å². The fourth-order valence-electron chi connectivity index (χ4n) is 2.95. The van der Waals surface area contributed by atoms with Crippen molar-refractivity contribution in [2.24, 2.45) is 11.7 Å². The van der Waals surface area contributed by atoms with Crippen LogP contribution in [0, 0.1) is 5.92 Å². The maximum absolute atomic E-state index is 12.8. The molecule has 1 amide bonds. The Morgan fingerprint density at radius 2 is 1.55 bits per heavy atom. The molecule has 0 radical (unpaired) electrons. The van der Waals surface area contributed by atoms with Gasteiger partial charge in [0.05, 0.1) is 12.1 Å². The van der Waals surface area contributed by atoms with Gasteiger partial charge in [-0.25, -0.2) is 13.2 Å². The minimum atomic E-state index is -5.70. The van der Waals surface area contributed by atoms with E-state index in [1.54, 1.807) is 74.5 Å². The summed E-state index contributed by atoms with van der Waals surface area (Å²) < 4.78 is 41.4. The quantitative estimate of drug-likeness (QED) is 0.192. The minimum absolute atomic E-state index is 0. The molecular weight excluding hydrogens is 459 g/mol. The monoisotopic (exact) mass is 486 g/mol. The van der Waals surface area contributed by atoms with Crippen LogP contribution in [0.15, 0.2) is 60.7 Å². The van der Waals surface area contributed by atoms with Crippen LogP contribution in [0.2, 0.25) is 0 Å². The molecule has 0 aliphatic carbocycles. The van der Waals surface area contributed by atoms with Gasteiger partial charge in [-0.05, 0) is 23.5 Å². The van der Waals surface area contributed by atoms with Crippen LogP contribution < -0.4 is 40.6 Å². The molecule has 0 spiro atoms. The second kappa shape index (κ2) is 12.6. The number of carbonyl (C=O) groups excluding carboxylic acids is 2. The molecule has 0 aromatic heterocycles. The van der Waals surface area contributed by atoms with Crippen LogP contribution in [0.4, 0.5) is 0 Å². The molecule has 11 heteroatoms. The molecule has 0 saturated heterocycles. The van der Waals surface area contributed by atoms with Crippen molar-refractivity contribution in [1.29, 1.82) is 0 Å². The summed E-state index contributed by atoms with van der Waals surface area (Å²) in [5.41, 5.74) is 6.80. The Balaban J connectivity index is 0.00000544. The molecule has 33 heavy (non-hydrogen) atoms. The molecule has 3 atom stereocenters. The first-order valence-corrected chi connectivity index (χ1v) is 11.4. The summed E-state index contributed by atoms with van der Waals surface area (Å²) >= 11 is 0. The van der Waals surface area contributed by atoms with E-state index in [4.69, 9.17) is 10.5 Å². The van der Waals surface area contributed by atoms with Gasteiger partial charge < -0.3 is 25.4 Å². The summed E-state index contributed by atoms with van der Waals surface area (Å²) in [6.07, 6.45) is -0.337. The predicted octanol–water partition coefficient (Wildman–Crippen LogP) is -2.32. The Hall–Kier alpha value is -1.79. The number of ether oxygens (including phenoxy) is 1. The Labute approximate surface area is 215 Å². The van der Waals surface area contributed by atoms with E-state index in [1.165, 1.54) is 0 Å². The number of benzene rings is 2. The van der Waals surface area contributed by atoms with Gasteiger partial charge in [0.2, 0.25) is 5.91 Å². The van der Waals surface area contributed by atoms with E-state index in [9.17, 15) is 27.7 Å². The van der Waals surface area contributed by atoms with E-state index in [0.29, 0.717) is 11.1 Å². The van der Waals surface area contributed by atoms with Crippen LogP contribution in [0.1, 0.15) is 25.0 Å². The molecule has 0 bridgehead atoms. The molecule has 9 nitrogen and oxygen atoms in total. The number of rotatable bonds is 10. The second-order valence-electron chi connectivity index (χ2n) is 7.73. The Bertz CT molecular complexity index is 1020. The van der Waals surface area contributed by atoms with E-state index < -0.39 is 39.0 Å². The third-order valence-corrected chi connectivity index (χ3v) is 6.19. The molecule has 2 rings (SSSR count). The standard InChI is InChI=1S/C22H28N2O7S.Na/c1-15(2)19(23)20(25)24-18(13-16-9-5-3-6-10-16)22(27,32(28,29)30)21(26)31-14-17-11-7-4-8-12-17;/h3-12,15,18-19,27H,13-14,23H2,1-2H3,(H,24,25)(H,28,29,30);/q;+1/p-1/t18?,19-,22?;/m0./s1. The number of nitrogens with one attached hydrogen (secondary N) is 1. The first-order chi connectivity index (χ1) is 15.0. The third kappa shape index (κ3) is 7.61. The first-order valence-electron chi connectivity index (χ1n) is 9.95. The van der Waals surface area contributed by atoms with Crippen molar-refractivity contribution in [3.05, 3.63) is 71.8 Å². The van der Waals surface area contributed by atoms with Crippen LogP contribution in [-0.4, -0.2) is 47.0 Å². The van der Waals surface area contributed by atoms with Gasteiger partial charge in [0.1, 0.15) is 16.7 Å². The van der Waals surface area contributed by atoms with Gasteiger partial charge in [-0.1, -0.05) is 74.5 Å². The summed E-state index contributed by atoms with van der Waals surface area (Å²) in [4.78, 5) is 21.8. The number of aliphatic hydroxyl groups is 1. The molecule has 2 aromatic carbocycles. The maximum atomic E-state index is 12.8. The molecule has 2 unspecified atom stereocenters. The van der Waals surface area contributed by atoms with Gasteiger partial charge in [0, 0.05) is 0 Å². The summed E-state index contributed by atoms with van der Waals surface area (Å²) in [7, 11) is -5.70. The average Bonchev–Trinajstić information content (AvgIpc) is 2.76.